The van der Waals surface area contributed by atoms with Crippen LogP contribution in [0.4, 0.5) is 0 Å². The van der Waals surface area contributed by atoms with Gasteiger partial charge in [-0.05, 0) is 50.5 Å². The summed E-state index contributed by atoms with van der Waals surface area (Å²) in [5, 5.41) is 1.01. The maximum atomic E-state index is 11.6. The smallest absolute Gasteiger partial charge is 0.305 e. The lowest BCUT2D eigenvalue weighted by Crippen LogP contribution is -2.14. The summed E-state index contributed by atoms with van der Waals surface area (Å²) in [6.45, 7) is 7.82. The predicted molar refractivity (Wildman–Crippen MR) is 115 cm³/mol. The van der Waals surface area contributed by atoms with Gasteiger partial charge in [0.15, 0.2) is 0 Å². The third kappa shape index (κ3) is 6.51. The van der Waals surface area contributed by atoms with E-state index in [2.05, 4.69) is 18.4 Å². The lowest BCUT2D eigenvalue weighted by atomic mass is 10.1. The standard InChI is InChI=1S/C23H34N2O4/c1-4-6-7-8-13-25-17(3)19(16-22(24)26)20-15-18(11-12-21(20)25)29-14-9-10-23(27)28-5-2/h11-12,15H,4-10,13-14,16H2,1-3H3,(H2,24,26). The van der Waals surface area contributed by atoms with Crippen LogP contribution in [0, 0.1) is 6.92 Å². The van der Waals surface area contributed by atoms with Crippen LogP contribution in [-0.4, -0.2) is 29.7 Å². The van der Waals surface area contributed by atoms with Crippen molar-refractivity contribution in [3.63, 3.8) is 0 Å². The number of hydrogen-bond donors (Lipinski definition) is 1. The van der Waals surface area contributed by atoms with Crippen molar-refractivity contribution in [1.82, 2.24) is 4.57 Å². The molecule has 29 heavy (non-hydrogen) atoms. The van der Waals surface area contributed by atoms with Gasteiger partial charge in [0.05, 0.1) is 19.6 Å². The minimum atomic E-state index is -0.334. The number of nitrogens with two attached hydrogens (primary N) is 1. The monoisotopic (exact) mass is 402 g/mol. The van der Waals surface area contributed by atoms with E-state index in [1.165, 1.54) is 19.3 Å². The number of aromatic nitrogens is 1. The highest BCUT2D eigenvalue weighted by Crippen LogP contribution is 2.30. The Morgan fingerprint density at radius 2 is 1.90 bits per heavy atom. The van der Waals surface area contributed by atoms with E-state index >= 15 is 0 Å². The molecule has 2 aromatic rings. The van der Waals surface area contributed by atoms with E-state index in [4.69, 9.17) is 15.2 Å². The number of primary amides is 1. The van der Waals surface area contributed by atoms with Crippen LogP contribution >= 0.6 is 0 Å². The summed E-state index contributed by atoms with van der Waals surface area (Å²) in [6.07, 6.45) is 5.91. The molecule has 0 saturated carbocycles. The SMILES string of the molecule is CCCCCCn1c(C)c(CC(N)=O)c2cc(OCCCC(=O)OCC)ccc21. The Bertz CT molecular complexity index is 826. The molecule has 1 aromatic carbocycles. The van der Waals surface area contributed by atoms with Crippen molar-refractivity contribution in [3.05, 3.63) is 29.5 Å². The van der Waals surface area contributed by atoms with E-state index in [0.29, 0.717) is 26.1 Å². The Morgan fingerprint density at radius 1 is 1.10 bits per heavy atom. The molecule has 0 aliphatic rings. The summed E-state index contributed by atoms with van der Waals surface area (Å²) in [5.74, 6) is 0.195. The number of carbonyl (C=O) groups excluding carboxylic acids is 2. The molecule has 0 saturated heterocycles. The summed E-state index contributed by atoms with van der Waals surface area (Å²) in [6, 6.07) is 5.98. The fourth-order valence-electron chi connectivity index (χ4n) is 3.64. The van der Waals surface area contributed by atoms with Gasteiger partial charge in [-0.1, -0.05) is 26.2 Å². The second-order valence-corrected chi connectivity index (χ2v) is 7.36. The van der Waals surface area contributed by atoms with Gasteiger partial charge in [0.2, 0.25) is 5.91 Å². The number of nitrogens with zero attached hydrogens (tertiary/aromatic N) is 1. The first-order valence-corrected chi connectivity index (χ1v) is 10.7. The highest BCUT2D eigenvalue weighted by molar-refractivity contribution is 5.91. The number of amides is 1. The summed E-state index contributed by atoms with van der Waals surface area (Å²) in [7, 11) is 0. The Kier molecular flexibility index (Phi) is 9.03. The average Bonchev–Trinajstić information content (AvgIpc) is 2.93. The first-order valence-electron chi connectivity index (χ1n) is 10.7. The summed E-state index contributed by atoms with van der Waals surface area (Å²) >= 11 is 0. The van der Waals surface area contributed by atoms with E-state index in [-0.39, 0.29) is 18.3 Å². The predicted octanol–water partition coefficient (Wildman–Crippen LogP) is 4.28. The van der Waals surface area contributed by atoms with Crippen molar-refractivity contribution in [1.29, 1.82) is 0 Å². The molecule has 0 bridgehead atoms. The third-order valence-electron chi connectivity index (χ3n) is 5.11. The van der Waals surface area contributed by atoms with Crippen LogP contribution in [0.1, 0.15) is 63.6 Å². The molecule has 0 unspecified atom stereocenters. The van der Waals surface area contributed by atoms with Crippen molar-refractivity contribution < 1.29 is 19.1 Å². The van der Waals surface area contributed by atoms with Crippen LogP contribution in [0.15, 0.2) is 18.2 Å². The van der Waals surface area contributed by atoms with E-state index in [9.17, 15) is 9.59 Å². The zero-order chi connectivity index (χ0) is 21.2. The number of unbranched alkanes of at least 4 members (excludes halogenated alkanes) is 3. The van der Waals surface area contributed by atoms with Gasteiger partial charge in [-0.3, -0.25) is 9.59 Å². The second-order valence-electron chi connectivity index (χ2n) is 7.36. The average molecular weight is 403 g/mol. The molecule has 0 aliphatic carbocycles. The van der Waals surface area contributed by atoms with Crippen LogP contribution in [0.25, 0.3) is 10.9 Å². The number of benzene rings is 1. The van der Waals surface area contributed by atoms with Gasteiger partial charge in [-0.15, -0.1) is 0 Å². The topological polar surface area (TPSA) is 83.5 Å². The molecule has 2 rings (SSSR count). The van der Waals surface area contributed by atoms with E-state index in [1.807, 2.05) is 18.2 Å². The molecular formula is C23H34N2O4. The lowest BCUT2D eigenvalue weighted by Gasteiger charge is -2.09. The van der Waals surface area contributed by atoms with Gasteiger partial charge in [-0.25, -0.2) is 0 Å². The highest BCUT2D eigenvalue weighted by atomic mass is 16.5. The molecule has 0 aliphatic heterocycles. The van der Waals surface area contributed by atoms with Crippen molar-refractivity contribution in [2.24, 2.45) is 5.73 Å². The fraction of sp³-hybridized carbons (Fsp3) is 0.565. The normalized spacial score (nSPS) is 11.0. The minimum absolute atomic E-state index is 0.203. The van der Waals surface area contributed by atoms with Crippen LogP contribution in [0.3, 0.4) is 0 Å². The molecular weight excluding hydrogens is 368 g/mol. The maximum Gasteiger partial charge on any atom is 0.305 e. The number of carbonyl (C=O) groups is 2. The van der Waals surface area contributed by atoms with Gasteiger partial charge in [0, 0.05) is 29.6 Å². The second kappa shape index (κ2) is 11.5. The molecule has 1 amide bonds. The van der Waals surface area contributed by atoms with Gasteiger partial charge in [-0.2, -0.15) is 0 Å². The largest absolute Gasteiger partial charge is 0.494 e. The molecule has 0 spiro atoms. The Balaban J connectivity index is 2.15. The quantitative estimate of drug-likeness (QED) is 0.400. The molecule has 6 heteroatoms. The maximum absolute atomic E-state index is 11.6. The van der Waals surface area contributed by atoms with Crippen molar-refractivity contribution in [2.75, 3.05) is 13.2 Å². The van der Waals surface area contributed by atoms with Crippen LogP contribution < -0.4 is 10.5 Å². The number of aryl methyl sites for hydroxylation is 1. The van der Waals surface area contributed by atoms with E-state index in [0.717, 1.165) is 40.9 Å². The van der Waals surface area contributed by atoms with E-state index < -0.39 is 0 Å². The summed E-state index contributed by atoms with van der Waals surface area (Å²) < 4.78 is 13.0. The number of hydrogen-bond acceptors (Lipinski definition) is 4. The number of esters is 1. The van der Waals surface area contributed by atoms with Crippen LogP contribution in [0.2, 0.25) is 0 Å². The first kappa shape index (κ1) is 22.8. The molecule has 0 atom stereocenters. The molecule has 160 valence electrons. The van der Waals surface area contributed by atoms with Gasteiger partial charge < -0.3 is 19.8 Å². The van der Waals surface area contributed by atoms with E-state index in [1.54, 1.807) is 6.92 Å². The minimum Gasteiger partial charge on any atom is -0.494 e. The molecule has 2 N–H and O–H groups in total. The van der Waals surface area contributed by atoms with Gasteiger partial charge in [0.1, 0.15) is 5.75 Å². The summed E-state index contributed by atoms with van der Waals surface area (Å²) in [5.41, 5.74) is 8.67. The van der Waals surface area contributed by atoms with Crippen LogP contribution in [0.5, 0.6) is 5.75 Å². The van der Waals surface area contributed by atoms with Crippen molar-refractivity contribution in [3.8, 4) is 5.75 Å². The number of rotatable bonds is 13. The third-order valence-corrected chi connectivity index (χ3v) is 5.11. The summed E-state index contributed by atoms with van der Waals surface area (Å²) in [4.78, 5) is 23.0. The number of fused-ring (bicyclic) bond motifs is 1. The highest BCUT2D eigenvalue weighted by Gasteiger charge is 2.16. The molecule has 1 heterocycles. The zero-order valence-electron chi connectivity index (χ0n) is 18.0. The van der Waals surface area contributed by atoms with Crippen molar-refractivity contribution >= 4 is 22.8 Å². The lowest BCUT2D eigenvalue weighted by molar-refractivity contribution is -0.143. The Morgan fingerprint density at radius 3 is 2.59 bits per heavy atom. The Hall–Kier alpha value is -2.50. The Labute approximate surface area is 173 Å². The molecule has 6 nitrogen and oxygen atoms in total. The molecule has 1 aromatic heterocycles. The number of ether oxygens (including phenoxy) is 2. The zero-order valence-corrected chi connectivity index (χ0v) is 18.0. The van der Waals surface area contributed by atoms with Gasteiger partial charge >= 0.3 is 5.97 Å². The van der Waals surface area contributed by atoms with Crippen molar-refractivity contribution in [2.45, 2.75) is 72.3 Å². The van der Waals surface area contributed by atoms with Gasteiger partial charge in [0.25, 0.3) is 0 Å². The fourth-order valence-corrected chi connectivity index (χ4v) is 3.64. The van der Waals surface area contributed by atoms with Crippen LogP contribution in [-0.2, 0) is 27.3 Å². The molecule has 0 radical (unpaired) electrons. The molecule has 0 fully saturated rings. The first-order chi connectivity index (χ1) is 14.0.